The molecule has 0 bridgehead atoms. The average molecular weight is 346 g/mol. The summed E-state index contributed by atoms with van der Waals surface area (Å²) in [4.78, 5) is 12.6. The van der Waals surface area contributed by atoms with Crippen molar-refractivity contribution in [3.05, 3.63) is 35.7 Å². The van der Waals surface area contributed by atoms with Crippen molar-refractivity contribution in [2.45, 2.75) is 45.7 Å². The van der Waals surface area contributed by atoms with Gasteiger partial charge in [-0.25, -0.2) is 14.4 Å². The van der Waals surface area contributed by atoms with Crippen molar-refractivity contribution < 1.29 is 9.13 Å². The first-order valence-electron chi connectivity index (χ1n) is 8.73. The Labute approximate surface area is 146 Å². The smallest absolute Gasteiger partial charge is 0.225 e. The summed E-state index contributed by atoms with van der Waals surface area (Å²) in [5.41, 5.74) is 2.22. The molecule has 7 nitrogen and oxygen atoms in total. The molecule has 0 N–H and O–H groups in total. The first-order valence-corrected chi connectivity index (χ1v) is 8.73. The van der Waals surface area contributed by atoms with E-state index in [1.165, 1.54) is 12.4 Å². The minimum absolute atomic E-state index is 0.257. The van der Waals surface area contributed by atoms with Crippen molar-refractivity contribution in [2.75, 3.05) is 24.5 Å². The van der Waals surface area contributed by atoms with Crippen LogP contribution >= 0.6 is 0 Å². The Balaban J connectivity index is 1.44. The lowest BCUT2D eigenvalue weighted by Gasteiger charge is -2.34. The van der Waals surface area contributed by atoms with Gasteiger partial charge in [-0.15, -0.1) is 0 Å². The number of halogens is 1. The molecule has 2 aliphatic rings. The van der Waals surface area contributed by atoms with E-state index in [-0.39, 0.29) is 12.2 Å². The summed E-state index contributed by atoms with van der Waals surface area (Å²) in [6.45, 7) is 9.17. The van der Waals surface area contributed by atoms with Gasteiger partial charge < -0.3 is 9.64 Å². The molecule has 0 unspecified atom stereocenters. The second kappa shape index (κ2) is 6.68. The third-order valence-electron chi connectivity index (χ3n) is 4.62. The van der Waals surface area contributed by atoms with Gasteiger partial charge in [0.2, 0.25) is 5.95 Å². The third-order valence-corrected chi connectivity index (χ3v) is 4.62. The molecule has 134 valence electrons. The molecule has 2 atom stereocenters. The van der Waals surface area contributed by atoms with Crippen LogP contribution < -0.4 is 4.90 Å². The van der Waals surface area contributed by atoms with Crippen molar-refractivity contribution in [3.8, 4) is 0 Å². The number of nitrogens with zero attached hydrogens (tertiary/aromatic N) is 6. The minimum Gasteiger partial charge on any atom is -0.373 e. The molecule has 4 heterocycles. The van der Waals surface area contributed by atoms with Crippen LogP contribution in [0.25, 0.3) is 0 Å². The van der Waals surface area contributed by atoms with Crippen molar-refractivity contribution in [3.63, 3.8) is 0 Å². The second-order valence-corrected chi connectivity index (χ2v) is 6.92. The number of aromatic nitrogens is 4. The molecule has 1 saturated heterocycles. The molecule has 0 saturated carbocycles. The van der Waals surface area contributed by atoms with Gasteiger partial charge in [0.1, 0.15) is 0 Å². The van der Waals surface area contributed by atoms with Gasteiger partial charge in [-0.05, 0) is 19.9 Å². The summed E-state index contributed by atoms with van der Waals surface area (Å²) >= 11 is 0. The summed E-state index contributed by atoms with van der Waals surface area (Å²) in [6, 6.07) is 2.15. The van der Waals surface area contributed by atoms with Crippen LogP contribution in [-0.4, -0.2) is 56.5 Å². The Morgan fingerprint density at radius 2 is 1.88 bits per heavy atom. The normalized spacial score (nSPS) is 24.4. The monoisotopic (exact) mass is 346 g/mol. The maximum absolute atomic E-state index is 13.0. The highest BCUT2D eigenvalue weighted by molar-refractivity contribution is 5.32. The molecule has 0 spiro atoms. The highest BCUT2D eigenvalue weighted by Crippen LogP contribution is 2.20. The summed E-state index contributed by atoms with van der Waals surface area (Å²) in [5, 5.41) is 4.74. The maximum Gasteiger partial charge on any atom is 0.225 e. The first-order chi connectivity index (χ1) is 12.1. The van der Waals surface area contributed by atoms with Gasteiger partial charge in [-0.3, -0.25) is 9.58 Å². The molecular formula is C17H23FN6O. The van der Waals surface area contributed by atoms with E-state index in [2.05, 4.69) is 44.4 Å². The van der Waals surface area contributed by atoms with E-state index in [0.717, 1.165) is 44.1 Å². The van der Waals surface area contributed by atoms with Gasteiger partial charge in [0.25, 0.3) is 0 Å². The van der Waals surface area contributed by atoms with E-state index in [0.29, 0.717) is 12.5 Å². The average Bonchev–Trinajstić information content (AvgIpc) is 2.95. The zero-order valence-corrected chi connectivity index (χ0v) is 14.6. The lowest BCUT2D eigenvalue weighted by molar-refractivity contribution is -0.0708. The Morgan fingerprint density at radius 1 is 1.16 bits per heavy atom. The molecule has 0 aromatic carbocycles. The minimum atomic E-state index is -0.415. The Morgan fingerprint density at radius 3 is 2.60 bits per heavy atom. The van der Waals surface area contributed by atoms with Gasteiger partial charge in [0.15, 0.2) is 5.82 Å². The third kappa shape index (κ3) is 3.64. The van der Waals surface area contributed by atoms with Crippen LogP contribution in [0, 0.1) is 5.82 Å². The fourth-order valence-corrected chi connectivity index (χ4v) is 3.69. The summed E-state index contributed by atoms with van der Waals surface area (Å²) in [6.07, 6.45) is 2.93. The Bertz CT molecular complexity index is 723. The number of hydrogen-bond donors (Lipinski definition) is 0. The summed E-state index contributed by atoms with van der Waals surface area (Å²) in [5.74, 6) is 0.147. The summed E-state index contributed by atoms with van der Waals surface area (Å²) in [7, 11) is 0. The van der Waals surface area contributed by atoms with Gasteiger partial charge in [-0.2, -0.15) is 5.10 Å². The molecule has 4 rings (SSSR count). The van der Waals surface area contributed by atoms with Gasteiger partial charge in [0, 0.05) is 26.2 Å². The van der Waals surface area contributed by atoms with E-state index in [9.17, 15) is 4.39 Å². The molecule has 2 aromatic heterocycles. The van der Waals surface area contributed by atoms with Gasteiger partial charge in [-0.1, -0.05) is 0 Å². The van der Waals surface area contributed by atoms with E-state index in [1.807, 2.05) is 0 Å². The lowest BCUT2D eigenvalue weighted by Crippen LogP contribution is -2.44. The molecule has 0 radical (unpaired) electrons. The standard InChI is InChI=1S/C17H23FN6O/c1-12-8-22(9-13(2)25-12)10-15-5-16-11-23(3-4-24(16)21-15)17-19-6-14(18)7-20-17/h5-7,12-13H,3-4,8-11H2,1-2H3/t12-,13+. The SMILES string of the molecule is C[C@@H]1CN(Cc2cc3n(n2)CCN(c2ncc(F)cn2)C3)C[C@H](C)O1. The predicted molar refractivity (Wildman–Crippen MR) is 90.6 cm³/mol. The maximum atomic E-state index is 13.0. The molecule has 1 fully saturated rings. The van der Waals surface area contributed by atoms with Crippen molar-refractivity contribution in [1.29, 1.82) is 0 Å². The largest absolute Gasteiger partial charge is 0.373 e. The van der Waals surface area contributed by atoms with Gasteiger partial charge in [0.05, 0.1) is 49.1 Å². The van der Waals surface area contributed by atoms with Crippen LogP contribution in [0.3, 0.4) is 0 Å². The Hall–Kier alpha value is -2.06. The highest BCUT2D eigenvalue weighted by atomic mass is 19.1. The van der Waals surface area contributed by atoms with E-state index in [4.69, 9.17) is 9.84 Å². The van der Waals surface area contributed by atoms with Gasteiger partial charge >= 0.3 is 0 Å². The van der Waals surface area contributed by atoms with E-state index in [1.54, 1.807) is 0 Å². The molecule has 0 amide bonds. The number of anilines is 1. The number of hydrogen-bond acceptors (Lipinski definition) is 6. The quantitative estimate of drug-likeness (QED) is 0.838. The molecule has 0 aliphatic carbocycles. The number of rotatable bonds is 3. The Kier molecular flexibility index (Phi) is 4.39. The van der Waals surface area contributed by atoms with Crippen LogP contribution in [0.2, 0.25) is 0 Å². The highest BCUT2D eigenvalue weighted by Gasteiger charge is 2.25. The molecule has 2 aromatic rings. The van der Waals surface area contributed by atoms with E-state index >= 15 is 0 Å². The number of ether oxygens (including phenoxy) is 1. The zero-order valence-electron chi connectivity index (χ0n) is 14.6. The van der Waals surface area contributed by atoms with Crippen molar-refractivity contribution in [2.24, 2.45) is 0 Å². The molecular weight excluding hydrogens is 323 g/mol. The zero-order chi connectivity index (χ0) is 17.4. The molecule has 2 aliphatic heterocycles. The van der Waals surface area contributed by atoms with Crippen molar-refractivity contribution >= 4 is 5.95 Å². The van der Waals surface area contributed by atoms with E-state index < -0.39 is 5.82 Å². The van der Waals surface area contributed by atoms with Crippen LogP contribution in [0.15, 0.2) is 18.5 Å². The van der Waals surface area contributed by atoms with Crippen LogP contribution in [-0.2, 0) is 24.4 Å². The number of fused-ring (bicyclic) bond motifs is 1. The predicted octanol–water partition coefficient (Wildman–Crippen LogP) is 1.44. The second-order valence-electron chi connectivity index (χ2n) is 6.92. The summed E-state index contributed by atoms with van der Waals surface area (Å²) < 4.78 is 20.9. The lowest BCUT2D eigenvalue weighted by atomic mass is 10.2. The van der Waals surface area contributed by atoms with Crippen molar-refractivity contribution in [1.82, 2.24) is 24.6 Å². The van der Waals surface area contributed by atoms with Crippen LogP contribution in [0.1, 0.15) is 25.2 Å². The van der Waals surface area contributed by atoms with Crippen LogP contribution in [0.5, 0.6) is 0 Å². The fourth-order valence-electron chi connectivity index (χ4n) is 3.69. The topological polar surface area (TPSA) is 59.3 Å². The molecule has 25 heavy (non-hydrogen) atoms. The fraction of sp³-hybridized carbons (Fsp3) is 0.588. The first kappa shape index (κ1) is 16.4. The van der Waals surface area contributed by atoms with Crippen LogP contribution in [0.4, 0.5) is 10.3 Å². The number of morpholine rings is 1. The molecule has 8 heteroatoms.